The highest BCUT2D eigenvalue weighted by Gasteiger charge is 2.27. The van der Waals surface area contributed by atoms with Crippen LogP contribution in [0.4, 0.5) is 5.69 Å². The van der Waals surface area contributed by atoms with Crippen molar-refractivity contribution in [3.63, 3.8) is 0 Å². The van der Waals surface area contributed by atoms with Crippen molar-refractivity contribution in [3.05, 3.63) is 29.8 Å². The molecule has 1 amide bonds. The smallest absolute Gasteiger partial charge is 0.241 e. The minimum Gasteiger partial charge on any atom is -0.317 e. The quantitative estimate of drug-likeness (QED) is 0.914. The van der Waals surface area contributed by atoms with Crippen molar-refractivity contribution < 1.29 is 4.79 Å². The molecule has 3 rings (SSSR count). The molecule has 1 aromatic carbocycles. The van der Waals surface area contributed by atoms with E-state index < -0.39 is 0 Å². The van der Waals surface area contributed by atoms with E-state index in [2.05, 4.69) is 35.3 Å². The molecule has 1 fully saturated rings. The van der Waals surface area contributed by atoms with E-state index in [1.165, 1.54) is 5.56 Å². The predicted molar refractivity (Wildman–Crippen MR) is 85.6 cm³/mol. The van der Waals surface area contributed by atoms with Crippen molar-refractivity contribution in [2.24, 2.45) is 0 Å². The summed E-state index contributed by atoms with van der Waals surface area (Å²) in [6.07, 6.45) is 3.29. The average molecular weight is 287 g/mol. The Balaban J connectivity index is 1.65. The van der Waals surface area contributed by atoms with E-state index in [1.54, 1.807) is 0 Å². The fourth-order valence-corrected chi connectivity index (χ4v) is 3.53. The van der Waals surface area contributed by atoms with Crippen molar-refractivity contribution in [2.75, 3.05) is 37.6 Å². The summed E-state index contributed by atoms with van der Waals surface area (Å²) in [5, 5.41) is 3.39. The summed E-state index contributed by atoms with van der Waals surface area (Å²) in [5.74, 6) is 0.250. The van der Waals surface area contributed by atoms with Gasteiger partial charge in [-0.3, -0.25) is 9.69 Å². The number of carbonyl (C=O) groups is 1. The van der Waals surface area contributed by atoms with E-state index >= 15 is 0 Å². The molecule has 0 unspecified atom stereocenters. The van der Waals surface area contributed by atoms with Crippen LogP contribution in [0.15, 0.2) is 24.3 Å². The van der Waals surface area contributed by atoms with Crippen molar-refractivity contribution in [2.45, 2.75) is 32.2 Å². The Labute approximate surface area is 127 Å². The van der Waals surface area contributed by atoms with Crippen molar-refractivity contribution >= 4 is 11.6 Å². The lowest BCUT2D eigenvalue weighted by molar-refractivity contribution is -0.120. The fourth-order valence-electron chi connectivity index (χ4n) is 3.53. The summed E-state index contributed by atoms with van der Waals surface area (Å²) in [4.78, 5) is 17.0. The van der Waals surface area contributed by atoms with Gasteiger partial charge in [-0.1, -0.05) is 25.1 Å². The van der Waals surface area contributed by atoms with Gasteiger partial charge < -0.3 is 10.2 Å². The zero-order valence-electron chi connectivity index (χ0n) is 12.8. The number of amides is 1. The number of benzene rings is 1. The molecule has 0 spiro atoms. The molecule has 0 aliphatic carbocycles. The molecule has 2 aliphatic rings. The number of rotatable bonds is 4. The number of nitrogens with one attached hydrogen (secondary N) is 1. The number of hydrogen-bond donors (Lipinski definition) is 1. The second kappa shape index (κ2) is 6.58. The SMILES string of the molecule is CCN(CC(=O)N1CCc2ccccc21)C1CCNCC1. The molecule has 0 bridgehead atoms. The van der Waals surface area contributed by atoms with Crippen LogP contribution in [0.2, 0.25) is 0 Å². The monoisotopic (exact) mass is 287 g/mol. The van der Waals surface area contributed by atoms with E-state index in [4.69, 9.17) is 0 Å². The summed E-state index contributed by atoms with van der Waals surface area (Å²) in [6, 6.07) is 8.83. The van der Waals surface area contributed by atoms with Gasteiger partial charge in [-0.2, -0.15) is 0 Å². The van der Waals surface area contributed by atoms with Crippen LogP contribution in [0.3, 0.4) is 0 Å². The highest BCUT2D eigenvalue weighted by molar-refractivity contribution is 5.96. The molecule has 0 saturated carbocycles. The molecule has 2 aliphatic heterocycles. The standard InChI is InChI=1S/C17H25N3O/c1-2-19(15-7-10-18-11-8-15)13-17(21)20-12-9-14-5-3-4-6-16(14)20/h3-6,15,18H,2,7-13H2,1H3. The van der Waals surface area contributed by atoms with Crippen LogP contribution < -0.4 is 10.2 Å². The number of para-hydroxylation sites is 1. The van der Waals surface area contributed by atoms with Crippen LogP contribution in [0.1, 0.15) is 25.3 Å². The number of carbonyl (C=O) groups excluding carboxylic acids is 1. The Bertz CT molecular complexity index is 497. The van der Waals surface area contributed by atoms with Gasteiger partial charge in [0.05, 0.1) is 6.54 Å². The number of anilines is 1. The van der Waals surface area contributed by atoms with Crippen LogP contribution in [-0.2, 0) is 11.2 Å². The first-order valence-corrected chi connectivity index (χ1v) is 8.12. The molecule has 114 valence electrons. The number of hydrogen-bond acceptors (Lipinski definition) is 3. The van der Waals surface area contributed by atoms with Gasteiger partial charge >= 0.3 is 0 Å². The molecule has 1 aromatic rings. The van der Waals surface area contributed by atoms with E-state index in [9.17, 15) is 4.79 Å². The molecular formula is C17H25N3O. The summed E-state index contributed by atoms with van der Waals surface area (Å²) in [6.45, 7) is 6.64. The molecule has 4 nitrogen and oxygen atoms in total. The lowest BCUT2D eigenvalue weighted by atomic mass is 10.0. The number of piperidine rings is 1. The summed E-state index contributed by atoms with van der Waals surface area (Å²) >= 11 is 0. The van der Waals surface area contributed by atoms with E-state index in [1.807, 2.05) is 11.0 Å². The Kier molecular flexibility index (Phi) is 4.56. The van der Waals surface area contributed by atoms with Gasteiger partial charge in [-0.15, -0.1) is 0 Å². The second-order valence-corrected chi connectivity index (χ2v) is 5.97. The number of fused-ring (bicyclic) bond motifs is 1. The first-order chi connectivity index (χ1) is 10.3. The highest BCUT2D eigenvalue weighted by Crippen LogP contribution is 2.27. The van der Waals surface area contributed by atoms with Gasteiger partial charge in [0.15, 0.2) is 0 Å². The predicted octanol–water partition coefficient (Wildman–Crippen LogP) is 1.65. The van der Waals surface area contributed by atoms with Crippen molar-refractivity contribution in [3.8, 4) is 0 Å². The molecule has 0 atom stereocenters. The minimum absolute atomic E-state index is 0.250. The molecule has 0 radical (unpaired) electrons. The van der Waals surface area contributed by atoms with Gasteiger partial charge in [-0.05, 0) is 50.5 Å². The van der Waals surface area contributed by atoms with Gasteiger partial charge in [0.2, 0.25) is 5.91 Å². The summed E-state index contributed by atoms with van der Waals surface area (Å²) in [7, 11) is 0. The van der Waals surface area contributed by atoms with Crippen molar-refractivity contribution in [1.29, 1.82) is 0 Å². The highest BCUT2D eigenvalue weighted by atomic mass is 16.2. The molecule has 4 heteroatoms. The Morgan fingerprint density at radius 1 is 1.33 bits per heavy atom. The Morgan fingerprint density at radius 3 is 2.86 bits per heavy atom. The normalized spacial score (nSPS) is 19.0. The maximum Gasteiger partial charge on any atom is 0.241 e. The summed E-state index contributed by atoms with van der Waals surface area (Å²) in [5.41, 5.74) is 2.42. The fraction of sp³-hybridized carbons (Fsp3) is 0.588. The third-order valence-corrected chi connectivity index (χ3v) is 4.76. The van der Waals surface area contributed by atoms with Gasteiger partial charge in [0, 0.05) is 18.3 Å². The molecular weight excluding hydrogens is 262 g/mol. The van der Waals surface area contributed by atoms with Crippen LogP contribution in [0.5, 0.6) is 0 Å². The lowest BCUT2D eigenvalue weighted by Gasteiger charge is -2.34. The maximum atomic E-state index is 12.7. The second-order valence-electron chi connectivity index (χ2n) is 5.97. The van der Waals surface area contributed by atoms with Crippen LogP contribution >= 0.6 is 0 Å². The van der Waals surface area contributed by atoms with Crippen LogP contribution in [0, 0.1) is 0 Å². The molecule has 21 heavy (non-hydrogen) atoms. The first kappa shape index (κ1) is 14.5. The van der Waals surface area contributed by atoms with Gasteiger partial charge in [0.1, 0.15) is 0 Å². The zero-order valence-corrected chi connectivity index (χ0v) is 12.8. The maximum absolute atomic E-state index is 12.7. The van der Waals surface area contributed by atoms with Gasteiger partial charge in [0.25, 0.3) is 0 Å². The molecule has 0 aromatic heterocycles. The average Bonchev–Trinajstić information content (AvgIpc) is 2.97. The molecule has 2 heterocycles. The van der Waals surface area contributed by atoms with E-state index in [0.717, 1.165) is 51.1 Å². The Morgan fingerprint density at radius 2 is 2.10 bits per heavy atom. The largest absolute Gasteiger partial charge is 0.317 e. The Hall–Kier alpha value is -1.39. The summed E-state index contributed by atoms with van der Waals surface area (Å²) < 4.78 is 0. The first-order valence-electron chi connectivity index (χ1n) is 8.12. The molecule has 1 saturated heterocycles. The van der Waals surface area contributed by atoms with Crippen molar-refractivity contribution in [1.82, 2.24) is 10.2 Å². The number of likely N-dealkylation sites (N-methyl/N-ethyl adjacent to an activating group) is 1. The zero-order chi connectivity index (χ0) is 14.7. The van der Waals surface area contributed by atoms with Crippen LogP contribution in [0.25, 0.3) is 0 Å². The third kappa shape index (κ3) is 3.11. The minimum atomic E-state index is 0.250. The van der Waals surface area contributed by atoms with Gasteiger partial charge in [-0.25, -0.2) is 0 Å². The topological polar surface area (TPSA) is 35.6 Å². The molecule has 1 N–H and O–H groups in total. The lowest BCUT2D eigenvalue weighted by Crippen LogP contribution is -2.48. The van der Waals surface area contributed by atoms with E-state index in [-0.39, 0.29) is 5.91 Å². The number of nitrogens with zero attached hydrogens (tertiary/aromatic N) is 2. The van der Waals surface area contributed by atoms with E-state index in [0.29, 0.717) is 12.6 Å². The third-order valence-electron chi connectivity index (χ3n) is 4.76. The van der Waals surface area contributed by atoms with Crippen LogP contribution in [-0.4, -0.2) is 49.6 Å².